The molecule has 6 heteroatoms. The summed E-state index contributed by atoms with van der Waals surface area (Å²) < 4.78 is 10.9. The summed E-state index contributed by atoms with van der Waals surface area (Å²) in [6.07, 6.45) is 2.45. The van der Waals surface area contributed by atoms with Crippen LogP contribution in [0.25, 0.3) is 27.6 Å². The van der Waals surface area contributed by atoms with E-state index in [4.69, 9.17) is 14.6 Å². The Bertz CT molecular complexity index is 1110. The molecule has 0 radical (unpaired) electrons. The zero-order valence-electron chi connectivity index (χ0n) is 14.7. The van der Waals surface area contributed by atoms with E-state index in [1.807, 2.05) is 0 Å². The predicted molar refractivity (Wildman–Crippen MR) is 101 cm³/mol. The normalized spacial score (nSPS) is 11.0. The number of carboxylic acid groups (broad SMARTS) is 1. The molecule has 0 fully saturated rings. The summed E-state index contributed by atoms with van der Waals surface area (Å²) >= 11 is 0. The van der Waals surface area contributed by atoms with E-state index in [9.17, 15) is 14.4 Å². The molecule has 0 aromatic heterocycles. The van der Waals surface area contributed by atoms with Gasteiger partial charge in [0.25, 0.3) is 0 Å². The van der Waals surface area contributed by atoms with Crippen molar-refractivity contribution < 1.29 is 29.0 Å². The van der Waals surface area contributed by atoms with Crippen LogP contribution in [0, 0.1) is 0 Å². The lowest BCUT2D eigenvalue weighted by atomic mass is 9.98. The minimum atomic E-state index is -1.07. The maximum atomic E-state index is 11.7. The van der Waals surface area contributed by atoms with E-state index in [1.165, 1.54) is 19.9 Å². The fraction of sp³-hybridized carbons (Fsp3) is 0.0952. The number of ether oxygens (including phenoxy) is 2. The third-order valence-electron chi connectivity index (χ3n) is 3.86. The van der Waals surface area contributed by atoms with Crippen molar-refractivity contribution in [2.45, 2.75) is 13.8 Å². The molecule has 3 rings (SSSR count). The van der Waals surface area contributed by atoms with Crippen molar-refractivity contribution in [1.82, 2.24) is 0 Å². The first-order valence-electron chi connectivity index (χ1n) is 8.13. The first kappa shape index (κ1) is 18.1. The number of carbonyl (C=O) groups is 3. The van der Waals surface area contributed by atoms with Crippen molar-refractivity contribution in [2.75, 3.05) is 0 Å². The lowest BCUT2D eigenvalue weighted by Gasteiger charge is -2.16. The first-order valence-corrected chi connectivity index (χ1v) is 8.13. The van der Waals surface area contributed by atoms with Gasteiger partial charge in [0.2, 0.25) is 0 Å². The Hall–Kier alpha value is -3.67. The standard InChI is InChI=1S/C21H16O6/c1-12(22)26-20-15-5-3-4-6-16(15)21(27-13(2)23)18-11-14(7-9-17(18)20)8-10-19(24)25/h3-11H,1-2H3,(H,24,25)/b10-8+. The number of rotatable bonds is 4. The highest BCUT2D eigenvalue weighted by molar-refractivity contribution is 6.13. The van der Waals surface area contributed by atoms with Crippen LogP contribution in [-0.4, -0.2) is 23.0 Å². The van der Waals surface area contributed by atoms with Crippen molar-refractivity contribution in [1.29, 1.82) is 0 Å². The summed E-state index contributed by atoms with van der Waals surface area (Å²) in [7, 11) is 0. The Morgan fingerprint density at radius 1 is 0.815 bits per heavy atom. The molecule has 3 aromatic rings. The van der Waals surface area contributed by atoms with Gasteiger partial charge in [0.05, 0.1) is 0 Å². The van der Waals surface area contributed by atoms with Crippen LogP contribution in [0.5, 0.6) is 11.5 Å². The molecule has 6 nitrogen and oxygen atoms in total. The fourth-order valence-electron chi connectivity index (χ4n) is 2.90. The molecule has 0 heterocycles. The van der Waals surface area contributed by atoms with E-state index in [0.29, 0.717) is 38.6 Å². The van der Waals surface area contributed by atoms with Crippen LogP contribution in [0.4, 0.5) is 0 Å². The van der Waals surface area contributed by atoms with Crippen molar-refractivity contribution in [3.63, 3.8) is 0 Å². The van der Waals surface area contributed by atoms with Crippen LogP contribution < -0.4 is 9.47 Å². The summed E-state index contributed by atoms with van der Waals surface area (Å²) in [5.74, 6) is -1.36. The summed E-state index contributed by atoms with van der Waals surface area (Å²) in [6.45, 7) is 2.61. The molecule has 0 aliphatic heterocycles. The second-order valence-corrected chi connectivity index (χ2v) is 5.87. The average molecular weight is 364 g/mol. The molecular formula is C21H16O6. The quantitative estimate of drug-likeness (QED) is 0.326. The van der Waals surface area contributed by atoms with Gasteiger partial charge >= 0.3 is 17.9 Å². The van der Waals surface area contributed by atoms with Gasteiger partial charge in [0.1, 0.15) is 11.5 Å². The van der Waals surface area contributed by atoms with Crippen LogP contribution in [-0.2, 0) is 14.4 Å². The van der Waals surface area contributed by atoms with Crippen LogP contribution in [0.15, 0.2) is 48.5 Å². The zero-order valence-corrected chi connectivity index (χ0v) is 14.7. The molecule has 0 spiro atoms. The van der Waals surface area contributed by atoms with Gasteiger partial charge in [-0.2, -0.15) is 0 Å². The average Bonchev–Trinajstić information content (AvgIpc) is 2.62. The van der Waals surface area contributed by atoms with Crippen LogP contribution in [0.3, 0.4) is 0 Å². The van der Waals surface area contributed by atoms with E-state index >= 15 is 0 Å². The zero-order chi connectivity index (χ0) is 19.6. The summed E-state index contributed by atoms with van der Waals surface area (Å²) in [4.78, 5) is 34.1. The monoisotopic (exact) mass is 364 g/mol. The van der Waals surface area contributed by atoms with E-state index in [0.717, 1.165) is 6.08 Å². The molecule has 0 aliphatic rings. The number of carbonyl (C=O) groups excluding carboxylic acids is 2. The lowest BCUT2D eigenvalue weighted by Crippen LogP contribution is -2.06. The molecule has 27 heavy (non-hydrogen) atoms. The Balaban J connectivity index is 2.40. The number of aliphatic carboxylic acids is 1. The Morgan fingerprint density at radius 2 is 1.33 bits per heavy atom. The topological polar surface area (TPSA) is 89.9 Å². The van der Waals surface area contributed by atoms with Gasteiger partial charge in [-0.3, -0.25) is 9.59 Å². The third kappa shape index (κ3) is 3.79. The summed E-state index contributed by atoms with van der Waals surface area (Å²) in [5.41, 5.74) is 0.599. The molecular weight excluding hydrogens is 348 g/mol. The second-order valence-electron chi connectivity index (χ2n) is 5.87. The van der Waals surface area contributed by atoms with Crippen molar-refractivity contribution >= 4 is 45.5 Å². The number of hydrogen-bond acceptors (Lipinski definition) is 5. The molecule has 136 valence electrons. The largest absolute Gasteiger partial charge is 0.478 e. The van der Waals surface area contributed by atoms with Gasteiger partial charge in [-0.15, -0.1) is 0 Å². The van der Waals surface area contributed by atoms with E-state index in [1.54, 1.807) is 42.5 Å². The highest BCUT2D eigenvalue weighted by Crippen LogP contribution is 2.43. The van der Waals surface area contributed by atoms with Crippen molar-refractivity contribution in [3.05, 3.63) is 54.1 Å². The minimum Gasteiger partial charge on any atom is -0.478 e. The third-order valence-corrected chi connectivity index (χ3v) is 3.86. The van der Waals surface area contributed by atoms with Gasteiger partial charge in [-0.25, -0.2) is 4.79 Å². The Labute approximate surface area is 154 Å². The Morgan fingerprint density at radius 3 is 1.85 bits per heavy atom. The lowest BCUT2D eigenvalue weighted by molar-refractivity contribution is -0.132. The van der Waals surface area contributed by atoms with Gasteiger partial charge in [0.15, 0.2) is 0 Å². The minimum absolute atomic E-state index is 0.328. The van der Waals surface area contributed by atoms with Crippen molar-refractivity contribution in [2.24, 2.45) is 0 Å². The van der Waals surface area contributed by atoms with Gasteiger partial charge in [0, 0.05) is 41.5 Å². The van der Waals surface area contributed by atoms with Gasteiger partial charge in [-0.1, -0.05) is 30.3 Å². The fourth-order valence-corrected chi connectivity index (χ4v) is 2.90. The van der Waals surface area contributed by atoms with Crippen LogP contribution in [0.1, 0.15) is 19.4 Å². The van der Waals surface area contributed by atoms with Crippen molar-refractivity contribution in [3.8, 4) is 11.5 Å². The van der Waals surface area contributed by atoms with Crippen LogP contribution >= 0.6 is 0 Å². The first-order chi connectivity index (χ1) is 12.9. The molecule has 0 unspecified atom stereocenters. The Kier molecular flexibility index (Phi) is 4.90. The highest BCUT2D eigenvalue weighted by atomic mass is 16.5. The molecule has 0 saturated heterocycles. The predicted octanol–water partition coefficient (Wildman–Crippen LogP) is 3.94. The molecule has 0 atom stereocenters. The molecule has 0 aliphatic carbocycles. The molecule has 0 bridgehead atoms. The van der Waals surface area contributed by atoms with Crippen LogP contribution in [0.2, 0.25) is 0 Å². The number of hydrogen-bond donors (Lipinski definition) is 1. The molecule has 0 saturated carbocycles. The molecule has 0 amide bonds. The SMILES string of the molecule is CC(=O)Oc1c2ccccc2c(OC(C)=O)c2cc(/C=C/C(=O)O)ccc12. The number of fused-ring (bicyclic) bond motifs is 2. The van der Waals surface area contributed by atoms with E-state index in [-0.39, 0.29) is 0 Å². The van der Waals surface area contributed by atoms with Gasteiger partial charge < -0.3 is 14.6 Å². The number of carboxylic acids is 1. The highest BCUT2D eigenvalue weighted by Gasteiger charge is 2.18. The van der Waals surface area contributed by atoms with Gasteiger partial charge in [-0.05, 0) is 23.8 Å². The number of benzene rings is 3. The van der Waals surface area contributed by atoms with E-state index < -0.39 is 17.9 Å². The smallest absolute Gasteiger partial charge is 0.328 e. The molecule has 1 N–H and O–H groups in total. The second kappa shape index (κ2) is 7.29. The maximum Gasteiger partial charge on any atom is 0.328 e. The summed E-state index contributed by atoms with van der Waals surface area (Å²) in [5, 5.41) is 11.2. The maximum absolute atomic E-state index is 11.7. The molecule has 3 aromatic carbocycles. The number of esters is 2. The van der Waals surface area contributed by atoms with E-state index in [2.05, 4.69) is 0 Å². The summed E-state index contributed by atoms with van der Waals surface area (Å²) in [6, 6.07) is 12.2.